The summed E-state index contributed by atoms with van der Waals surface area (Å²) in [5, 5.41) is 7.76. The smallest absolute Gasteiger partial charge is 0.214 e. The highest BCUT2D eigenvalue weighted by atomic mass is 79.9. The first-order chi connectivity index (χ1) is 13.6. The fourth-order valence-corrected chi connectivity index (χ4v) is 4.68. The van der Waals surface area contributed by atoms with Crippen LogP contribution in [0.1, 0.15) is 35.4 Å². The molecule has 0 bridgehead atoms. The van der Waals surface area contributed by atoms with Crippen LogP contribution < -0.4 is 4.74 Å². The Labute approximate surface area is 185 Å². The molecule has 140 valence electrons. The first kappa shape index (κ1) is 18.2. The summed E-state index contributed by atoms with van der Waals surface area (Å²) in [4.78, 5) is 0. The highest BCUT2D eigenvalue weighted by Crippen LogP contribution is 2.49. The molecule has 2 aliphatic heterocycles. The molecule has 0 fully saturated rings. The van der Waals surface area contributed by atoms with Crippen LogP contribution in [0, 0.1) is 0 Å². The van der Waals surface area contributed by atoms with Crippen LogP contribution in [-0.2, 0) is 0 Å². The molecule has 0 spiro atoms. The van der Waals surface area contributed by atoms with Crippen LogP contribution in [0.15, 0.2) is 80.8 Å². The molecule has 3 nitrogen and oxygen atoms in total. The molecular formula is C22H15Br2ClN2O. The van der Waals surface area contributed by atoms with E-state index < -0.39 is 0 Å². The fourth-order valence-electron chi connectivity index (χ4n) is 3.76. The number of fused-ring (bicyclic) bond motifs is 3. The van der Waals surface area contributed by atoms with E-state index in [1.807, 2.05) is 48.5 Å². The predicted octanol–water partition coefficient (Wildman–Crippen LogP) is 7.11. The van der Waals surface area contributed by atoms with E-state index in [0.29, 0.717) is 5.02 Å². The predicted molar refractivity (Wildman–Crippen MR) is 119 cm³/mol. The van der Waals surface area contributed by atoms with Crippen molar-refractivity contribution in [2.24, 2.45) is 5.10 Å². The Morgan fingerprint density at radius 1 is 0.964 bits per heavy atom. The van der Waals surface area contributed by atoms with Gasteiger partial charge in [0.05, 0.1) is 11.8 Å². The zero-order chi connectivity index (χ0) is 19.3. The SMILES string of the molecule is Clc1ccc2c(c1)[C@H]1CC(c3ccc(Br)cc3)=NN1[C@@H](c1ccccc1Br)O2. The average Bonchev–Trinajstić information content (AvgIpc) is 3.14. The summed E-state index contributed by atoms with van der Waals surface area (Å²) in [6.07, 6.45) is 0.501. The molecule has 6 heteroatoms. The minimum absolute atomic E-state index is 0.0817. The first-order valence-electron chi connectivity index (χ1n) is 8.92. The molecule has 2 aliphatic rings. The number of benzene rings is 3. The molecule has 0 unspecified atom stereocenters. The van der Waals surface area contributed by atoms with Gasteiger partial charge in [0.25, 0.3) is 0 Å². The fraction of sp³-hybridized carbons (Fsp3) is 0.136. The molecule has 0 amide bonds. The van der Waals surface area contributed by atoms with Crippen LogP contribution in [0.25, 0.3) is 0 Å². The molecule has 5 rings (SSSR count). The lowest BCUT2D eigenvalue weighted by Gasteiger charge is -2.38. The van der Waals surface area contributed by atoms with Crippen molar-refractivity contribution in [3.8, 4) is 5.75 Å². The number of rotatable bonds is 2. The molecule has 28 heavy (non-hydrogen) atoms. The highest BCUT2D eigenvalue weighted by molar-refractivity contribution is 9.10. The van der Waals surface area contributed by atoms with E-state index >= 15 is 0 Å². The molecule has 0 radical (unpaired) electrons. The summed E-state index contributed by atoms with van der Waals surface area (Å²) in [5.41, 5.74) is 4.29. The van der Waals surface area contributed by atoms with Gasteiger partial charge < -0.3 is 4.74 Å². The molecule has 0 saturated carbocycles. The van der Waals surface area contributed by atoms with E-state index in [0.717, 1.165) is 43.5 Å². The van der Waals surface area contributed by atoms with Gasteiger partial charge in [0, 0.05) is 31.5 Å². The summed E-state index contributed by atoms with van der Waals surface area (Å²) in [5.74, 6) is 0.860. The first-order valence-corrected chi connectivity index (χ1v) is 10.9. The lowest BCUT2D eigenvalue weighted by Crippen LogP contribution is -2.33. The van der Waals surface area contributed by atoms with Crippen molar-refractivity contribution in [1.29, 1.82) is 0 Å². The third-order valence-corrected chi connectivity index (χ3v) is 6.59. The van der Waals surface area contributed by atoms with Gasteiger partial charge in [-0.3, -0.25) is 0 Å². The van der Waals surface area contributed by atoms with Crippen LogP contribution in [-0.4, -0.2) is 10.7 Å². The Hall–Kier alpha value is -1.82. The van der Waals surface area contributed by atoms with Gasteiger partial charge >= 0.3 is 0 Å². The topological polar surface area (TPSA) is 24.8 Å². The Balaban J connectivity index is 1.62. The Bertz CT molecular complexity index is 1080. The van der Waals surface area contributed by atoms with Crippen molar-refractivity contribution in [2.45, 2.75) is 18.7 Å². The average molecular weight is 519 g/mol. The summed E-state index contributed by atoms with van der Waals surface area (Å²) < 4.78 is 8.45. The van der Waals surface area contributed by atoms with E-state index in [4.69, 9.17) is 21.4 Å². The van der Waals surface area contributed by atoms with Crippen molar-refractivity contribution in [3.05, 3.63) is 97.4 Å². The monoisotopic (exact) mass is 516 g/mol. The van der Waals surface area contributed by atoms with Gasteiger partial charge in [-0.1, -0.05) is 73.8 Å². The summed E-state index contributed by atoms with van der Waals surface area (Å²) in [6.45, 7) is 0. The minimum atomic E-state index is -0.304. The molecule has 2 heterocycles. The van der Waals surface area contributed by atoms with Crippen molar-refractivity contribution >= 4 is 49.2 Å². The standard InChI is InChI=1S/C22H15Br2ClN2O/c23-14-7-5-13(6-8-14)19-12-20-17-11-15(25)9-10-21(17)28-22(27(20)26-19)16-3-1-2-4-18(16)24/h1-11,20,22H,12H2/t20-,22-/m1/s1. The zero-order valence-corrected chi connectivity index (χ0v) is 18.6. The number of nitrogens with zero attached hydrogens (tertiary/aromatic N) is 2. The highest BCUT2D eigenvalue weighted by Gasteiger charge is 2.41. The third kappa shape index (κ3) is 3.15. The molecule has 3 aromatic rings. The zero-order valence-electron chi connectivity index (χ0n) is 14.6. The molecule has 3 aromatic carbocycles. The van der Waals surface area contributed by atoms with Crippen LogP contribution in [0.4, 0.5) is 0 Å². The number of halogens is 3. The Morgan fingerprint density at radius 3 is 2.54 bits per heavy atom. The van der Waals surface area contributed by atoms with Gasteiger partial charge in [0.1, 0.15) is 5.75 Å². The summed E-state index contributed by atoms with van der Waals surface area (Å²) in [7, 11) is 0. The molecule has 0 aromatic heterocycles. The van der Waals surface area contributed by atoms with Crippen LogP contribution in [0.2, 0.25) is 5.02 Å². The van der Waals surface area contributed by atoms with E-state index in [9.17, 15) is 0 Å². The van der Waals surface area contributed by atoms with Crippen molar-refractivity contribution in [2.75, 3.05) is 0 Å². The van der Waals surface area contributed by atoms with Gasteiger partial charge in [-0.15, -0.1) is 0 Å². The molecule has 0 saturated heterocycles. The maximum absolute atomic E-state index is 6.39. The van der Waals surface area contributed by atoms with Crippen molar-refractivity contribution in [3.63, 3.8) is 0 Å². The third-order valence-electron chi connectivity index (χ3n) is 5.10. The second-order valence-electron chi connectivity index (χ2n) is 6.83. The Kier molecular flexibility index (Phi) is 4.69. The lowest BCUT2D eigenvalue weighted by atomic mass is 9.96. The summed E-state index contributed by atoms with van der Waals surface area (Å²) in [6, 6.07) is 22.3. The molecule has 0 aliphatic carbocycles. The van der Waals surface area contributed by atoms with Crippen LogP contribution in [0.5, 0.6) is 5.75 Å². The van der Waals surface area contributed by atoms with Crippen LogP contribution >= 0.6 is 43.5 Å². The van der Waals surface area contributed by atoms with E-state index in [-0.39, 0.29) is 12.3 Å². The van der Waals surface area contributed by atoms with Crippen LogP contribution in [0.3, 0.4) is 0 Å². The molecule has 0 N–H and O–H groups in total. The summed E-state index contributed by atoms with van der Waals surface area (Å²) >= 11 is 13.5. The van der Waals surface area contributed by atoms with E-state index in [2.05, 4.69) is 55.1 Å². The van der Waals surface area contributed by atoms with Gasteiger partial charge in [0.2, 0.25) is 6.23 Å². The quantitative estimate of drug-likeness (QED) is 0.361. The van der Waals surface area contributed by atoms with Gasteiger partial charge in [-0.2, -0.15) is 5.10 Å². The number of hydrogen-bond acceptors (Lipinski definition) is 3. The second kappa shape index (κ2) is 7.21. The van der Waals surface area contributed by atoms with E-state index in [1.54, 1.807) is 0 Å². The number of ether oxygens (including phenoxy) is 1. The Morgan fingerprint density at radius 2 is 1.75 bits per heavy atom. The molecule has 2 atom stereocenters. The minimum Gasteiger partial charge on any atom is -0.464 e. The lowest BCUT2D eigenvalue weighted by molar-refractivity contribution is -0.0194. The van der Waals surface area contributed by atoms with Gasteiger partial charge in [-0.25, -0.2) is 5.01 Å². The van der Waals surface area contributed by atoms with Gasteiger partial charge in [0.15, 0.2) is 0 Å². The van der Waals surface area contributed by atoms with Gasteiger partial charge in [-0.05, 0) is 42.0 Å². The van der Waals surface area contributed by atoms with Crippen molar-refractivity contribution < 1.29 is 4.74 Å². The maximum Gasteiger partial charge on any atom is 0.214 e. The van der Waals surface area contributed by atoms with Crippen molar-refractivity contribution in [1.82, 2.24) is 5.01 Å². The normalized spacial score (nSPS) is 20.2. The second-order valence-corrected chi connectivity index (χ2v) is 9.03. The number of hydrogen-bond donors (Lipinski definition) is 0. The largest absolute Gasteiger partial charge is 0.464 e. The van der Waals surface area contributed by atoms with E-state index in [1.165, 1.54) is 0 Å². The maximum atomic E-state index is 6.39. The molecular weight excluding hydrogens is 504 g/mol. The number of hydrazone groups is 1.